The van der Waals surface area contributed by atoms with Gasteiger partial charge in [-0.15, -0.1) is 0 Å². The van der Waals surface area contributed by atoms with Crippen LogP contribution in [-0.4, -0.2) is 21.3 Å². The van der Waals surface area contributed by atoms with Crippen molar-refractivity contribution in [1.82, 2.24) is 9.88 Å². The molecule has 3 rings (SSSR count). The van der Waals surface area contributed by atoms with Crippen LogP contribution in [0.25, 0.3) is 5.69 Å². The number of rotatable bonds is 2. The van der Waals surface area contributed by atoms with Gasteiger partial charge in [0.2, 0.25) is 0 Å². The largest absolute Gasteiger partial charge is 0.384 e. The molecule has 1 aromatic heterocycles. The van der Waals surface area contributed by atoms with Crippen LogP contribution in [0.5, 0.6) is 0 Å². The summed E-state index contributed by atoms with van der Waals surface area (Å²) in [6.45, 7) is 0. The number of nitro benzene ring substituents is 1. The van der Waals surface area contributed by atoms with Crippen LogP contribution < -0.4 is 16.6 Å². The highest BCUT2D eigenvalue weighted by molar-refractivity contribution is 9.10. The molecule has 0 saturated heterocycles. The summed E-state index contributed by atoms with van der Waals surface area (Å²) in [5.41, 5.74) is 3.25. The molecule has 0 spiro atoms. The third-order valence-corrected chi connectivity index (χ3v) is 4.02. The summed E-state index contributed by atoms with van der Waals surface area (Å²) < 4.78 is 14.3. The van der Waals surface area contributed by atoms with Crippen molar-refractivity contribution in [1.29, 1.82) is 0 Å². The summed E-state index contributed by atoms with van der Waals surface area (Å²) in [5, 5.41) is 13.2. The Labute approximate surface area is 140 Å². The number of hydrogen-bond acceptors (Lipinski definition) is 6. The quantitative estimate of drug-likeness (QED) is 0.443. The van der Waals surface area contributed by atoms with Gasteiger partial charge in [-0.3, -0.25) is 34.4 Å². The first kappa shape index (κ1) is 15.8. The zero-order valence-electron chi connectivity index (χ0n) is 11.5. The number of imide groups is 1. The van der Waals surface area contributed by atoms with Crippen LogP contribution in [0, 0.1) is 15.9 Å². The van der Waals surface area contributed by atoms with Gasteiger partial charge in [0.1, 0.15) is 17.3 Å². The molecule has 122 valence electrons. The van der Waals surface area contributed by atoms with Crippen LogP contribution >= 0.6 is 15.9 Å². The van der Waals surface area contributed by atoms with Crippen molar-refractivity contribution in [2.45, 2.75) is 0 Å². The third-order valence-electron chi connectivity index (χ3n) is 3.41. The second-order valence-corrected chi connectivity index (χ2v) is 5.64. The fourth-order valence-electron chi connectivity index (χ4n) is 2.38. The number of nitrogen functional groups attached to an aromatic ring is 1. The van der Waals surface area contributed by atoms with E-state index in [4.69, 9.17) is 5.73 Å². The van der Waals surface area contributed by atoms with Gasteiger partial charge in [-0.2, -0.15) is 0 Å². The number of nitrogens with two attached hydrogens (primary N) is 1. The first-order valence-corrected chi connectivity index (χ1v) is 7.06. The van der Waals surface area contributed by atoms with Crippen molar-refractivity contribution in [2.24, 2.45) is 0 Å². The van der Waals surface area contributed by atoms with E-state index in [9.17, 15) is 28.9 Å². The number of halogens is 2. The average Bonchev–Trinajstić information content (AvgIpc) is 2.76. The zero-order valence-corrected chi connectivity index (χ0v) is 13.1. The zero-order chi connectivity index (χ0) is 17.8. The molecule has 0 aliphatic carbocycles. The van der Waals surface area contributed by atoms with Crippen LogP contribution in [0.3, 0.4) is 0 Å². The van der Waals surface area contributed by atoms with Gasteiger partial charge in [-0.1, -0.05) is 0 Å². The summed E-state index contributed by atoms with van der Waals surface area (Å²) in [5.74, 6) is -3.02. The van der Waals surface area contributed by atoms with E-state index in [0.29, 0.717) is 4.57 Å². The molecule has 1 aliphatic heterocycles. The Bertz CT molecular complexity index is 1020. The first-order chi connectivity index (χ1) is 11.2. The summed E-state index contributed by atoms with van der Waals surface area (Å²) in [6, 6.07) is 2.42. The molecule has 0 saturated carbocycles. The lowest BCUT2D eigenvalue weighted by atomic mass is 10.1. The lowest BCUT2D eigenvalue weighted by Gasteiger charge is -2.12. The van der Waals surface area contributed by atoms with E-state index in [1.807, 2.05) is 5.32 Å². The Hall–Kier alpha value is -3.08. The van der Waals surface area contributed by atoms with Crippen molar-refractivity contribution >= 4 is 39.2 Å². The normalized spacial score (nSPS) is 12.9. The Morgan fingerprint density at radius 2 is 1.88 bits per heavy atom. The highest BCUT2D eigenvalue weighted by atomic mass is 79.9. The van der Waals surface area contributed by atoms with E-state index in [1.54, 1.807) is 0 Å². The molecule has 3 N–H and O–H groups in total. The highest BCUT2D eigenvalue weighted by Gasteiger charge is 2.33. The standard InChI is InChI=1S/C13H6BrFN4O5/c14-5-2-8(19(23)24)7(3-6(5)15)18-9(20)1-4-10(11(18)16)13(22)17-12(4)21/h1-3H,16H2,(H,17,21,22). The number of hydrogen-bond donors (Lipinski definition) is 2. The molecule has 24 heavy (non-hydrogen) atoms. The maximum Gasteiger partial charge on any atom is 0.294 e. The number of benzene rings is 1. The maximum atomic E-state index is 13.8. The number of nitrogens with one attached hydrogen (secondary N) is 1. The van der Waals surface area contributed by atoms with Crippen molar-refractivity contribution in [3.63, 3.8) is 0 Å². The highest BCUT2D eigenvalue weighted by Crippen LogP contribution is 2.31. The summed E-state index contributed by atoms with van der Waals surface area (Å²) in [6.07, 6.45) is 0. The Morgan fingerprint density at radius 1 is 1.21 bits per heavy atom. The van der Waals surface area contributed by atoms with E-state index in [-0.39, 0.29) is 15.6 Å². The third kappa shape index (κ3) is 2.17. The van der Waals surface area contributed by atoms with E-state index < -0.39 is 45.3 Å². The predicted molar refractivity (Wildman–Crippen MR) is 82.6 cm³/mol. The summed E-state index contributed by atoms with van der Waals surface area (Å²) in [4.78, 5) is 46.0. The lowest BCUT2D eigenvalue weighted by Crippen LogP contribution is -2.24. The van der Waals surface area contributed by atoms with Gasteiger partial charge in [0, 0.05) is 18.2 Å². The topological polar surface area (TPSA) is 137 Å². The minimum absolute atomic E-state index is 0.182. The molecule has 0 fully saturated rings. The molecule has 0 radical (unpaired) electrons. The van der Waals surface area contributed by atoms with Crippen molar-refractivity contribution in [2.75, 3.05) is 5.73 Å². The molecule has 2 aromatic rings. The van der Waals surface area contributed by atoms with E-state index in [2.05, 4.69) is 15.9 Å². The molecular formula is C13H6BrFN4O5. The number of fused-ring (bicyclic) bond motifs is 1. The molecule has 1 aliphatic rings. The van der Waals surface area contributed by atoms with Crippen molar-refractivity contribution in [3.05, 3.63) is 60.1 Å². The molecule has 0 unspecified atom stereocenters. The van der Waals surface area contributed by atoms with Gasteiger partial charge >= 0.3 is 0 Å². The molecule has 11 heteroatoms. The number of carbonyl (C=O) groups excluding carboxylic acids is 2. The number of nitro groups is 1. The number of anilines is 1. The molecule has 2 amide bonds. The fraction of sp³-hybridized carbons (Fsp3) is 0. The SMILES string of the molecule is Nc1c2c(cc(=O)n1-c1cc(F)c(Br)cc1[N+](=O)[O-])C(=O)NC2=O. The monoisotopic (exact) mass is 396 g/mol. The van der Waals surface area contributed by atoms with Crippen LogP contribution in [0.1, 0.15) is 20.7 Å². The van der Waals surface area contributed by atoms with Crippen LogP contribution in [0.15, 0.2) is 27.5 Å². The van der Waals surface area contributed by atoms with Gasteiger partial charge in [-0.25, -0.2) is 4.39 Å². The minimum atomic E-state index is -0.916. The van der Waals surface area contributed by atoms with Crippen molar-refractivity contribution in [3.8, 4) is 5.69 Å². The fourth-order valence-corrected chi connectivity index (χ4v) is 2.71. The second kappa shape index (κ2) is 5.23. The maximum absolute atomic E-state index is 13.8. The summed E-state index contributed by atoms with van der Waals surface area (Å²) in [7, 11) is 0. The van der Waals surface area contributed by atoms with E-state index in [0.717, 1.165) is 18.2 Å². The van der Waals surface area contributed by atoms with Crippen LogP contribution in [0.4, 0.5) is 15.9 Å². The van der Waals surface area contributed by atoms with Gasteiger partial charge in [-0.05, 0) is 15.9 Å². The number of carbonyl (C=O) groups is 2. The molecule has 1 aromatic carbocycles. The Kier molecular flexibility index (Phi) is 3.44. The molecule has 0 atom stereocenters. The first-order valence-electron chi connectivity index (χ1n) is 6.27. The molecule has 2 heterocycles. The van der Waals surface area contributed by atoms with Crippen LogP contribution in [-0.2, 0) is 0 Å². The number of nitrogens with zero attached hydrogens (tertiary/aromatic N) is 2. The minimum Gasteiger partial charge on any atom is -0.384 e. The number of amides is 2. The van der Waals surface area contributed by atoms with E-state index >= 15 is 0 Å². The van der Waals surface area contributed by atoms with Gasteiger partial charge in [0.25, 0.3) is 23.1 Å². The summed E-state index contributed by atoms with van der Waals surface area (Å²) >= 11 is 2.82. The van der Waals surface area contributed by atoms with Crippen LogP contribution in [0.2, 0.25) is 0 Å². The van der Waals surface area contributed by atoms with Crippen molar-refractivity contribution < 1.29 is 18.9 Å². The number of aromatic nitrogens is 1. The molecular weight excluding hydrogens is 391 g/mol. The number of pyridine rings is 1. The Morgan fingerprint density at radius 3 is 2.50 bits per heavy atom. The smallest absolute Gasteiger partial charge is 0.294 e. The average molecular weight is 397 g/mol. The van der Waals surface area contributed by atoms with E-state index in [1.165, 1.54) is 0 Å². The second-order valence-electron chi connectivity index (χ2n) is 4.79. The lowest BCUT2D eigenvalue weighted by molar-refractivity contribution is -0.384. The van der Waals surface area contributed by atoms with Gasteiger partial charge < -0.3 is 5.73 Å². The Balaban J connectivity index is 2.41. The molecule has 9 nitrogen and oxygen atoms in total. The van der Waals surface area contributed by atoms with Gasteiger partial charge in [0.05, 0.1) is 20.5 Å². The molecule has 0 bridgehead atoms. The van der Waals surface area contributed by atoms with Gasteiger partial charge in [0.15, 0.2) is 0 Å². The predicted octanol–water partition coefficient (Wildman–Crippen LogP) is 1.11.